The van der Waals surface area contributed by atoms with Gasteiger partial charge in [-0.25, -0.2) is 0 Å². The van der Waals surface area contributed by atoms with E-state index in [1.165, 1.54) is 176 Å². The van der Waals surface area contributed by atoms with Crippen molar-refractivity contribution in [3.63, 3.8) is 0 Å². The van der Waals surface area contributed by atoms with E-state index >= 15 is 0 Å². The van der Waals surface area contributed by atoms with Gasteiger partial charge in [-0.3, -0.25) is 0 Å². The van der Waals surface area contributed by atoms with Crippen molar-refractivity contribution in [1.29, 1.82) is 0 Å². The Hall–Kier alpha value is -5.28. The summed E-state index contributed by atoms with van der Waals surface area (Å²) in [5.74, 6) is 0. The van der Waals surface area contributed by atoms with Gasteiger partial charge in [0, 0.05) is 61.3 Å². The maximum atomic E-state index is 2.54. The number of aromatic nitrogens is 3. The minimum atomic E-state index is 0.923. The van der Waals surface area contributed by atoms with E-state index in [4.69, 9.17) is 0 Å². The second-order valence-electron chi connectivity index (χ2n) is 18.1. The van der Waals surface area contributed by atoms with E-state index in [0.717, 1.165) is 32.2 Å². The molecule has 3 heterocycles. The Bertz CT molecular complexity index is 2630. The Morgan fingerprint density at radius 2 is 0.574 bits per heavy atom. The van der Waals surface area contributed by atoms with Crippen LogP contribution in [0.25, 0.3) is 76.8 Å². The van der Waals surface area contributed by atoms with E-state index < -0.39 is 0 Å². The molecule has 0 N–H and O–H groups in total. The second kappa shape index (κ2) is 18.4. The Morgan fingerprint density at radius 3 is 0.852 bits per heavy atom. The third-order valence-electron chi connectivity index (χ3n) is 13.7. The first-order valence-corrected chi connectivity index (χ1v) is 24.2. The average Bonchev–Trinajstić information content (AvgIpc) is 3.90. The first-order valence-electron chi connectivity index (χ1n) is 24.2. The molecule has 0 bridgehead atoms. The van der Waals surface area contributed by atoms with E-state index in [-0.39, 0.29) is 0 Å². The molecule has 0 aliphatic heterocycles. The van der Waals surface area contributed by atoms with Crippen molar-refractivity contribution in [2.45, 2.75) is 144 Å². The number of fused-ring (bicyclic) bond motifs is 9. The number of hydrogen-bond acceptors (Lipinski definition) is 0. The molecule has 9 aromatic rings. The van der Waals surface area contributed by atoms with Gasteiger partial charge in [0.2, 0.25) is 0 Å². The topological polar surface area (TPSA) is 14.8 Å². The fourth-order valence-corrected chi connectivity index (χ4v) is 10.4. The molecule has 0 amide bonds. The summed E-state index contributed by atoms with van der Waals surface area (Å²) in [6.45, 7) is 12.4. The van der Waals surface area contributed by atoms with Gasteiger partial charge in [-0.15, -0.1) is 0 Å². The highest BCUT2D eigenvalue weighted by atomic mass is 15.0. The molecule has 314 valence electrons. The van der Waals surface area contributed by atoms with Crippen molar-refractivity contribution < 1.29 is 0 Å². The average molecular weight is 806 g/mol. The maximum absolute atomic E-state index is 2.54. The molecular weight excluding hydrogens is 739 g/mol. The molecule has 0 aliphatic carbocycles. The summed E-state index contributed by atoms with van der Waals surface area (Å²) >= 11 is 0. The van der Waals surface area contributed by atoms with Crippen LogP contribution in [-0.2, 0) is 32.2 Å². The number of nitrogens with zero attached hydrogens (tertiary/aromatic N) is 3. The van der Waals surface area contributed by atoms with Crippen LogP contribution in [0.3, 0.4) is 0 Å². The summed E-state index contributed by atoms with van der Waals surface area (Å²) in [5.41, 5.74) is 16.1. The van der Waals surface area contributed by atoms with Gasteiger partial charge in [0.15, 0.2) is 0 Å². The molecular formula is C58H67N3. The third-order valence-corrected chi connectivity index (χ3v) is 13.7. The molecule has 3 heteroatoms. The van der Waals surface area contributed by atoms with E-state index in [0.29, 0.717) is 0 Å². The number of rotatable bonds is 19. The first-order chi connectivity index (χ1) is 30.0. The lowest BCUT2D eigenvalue weighted by Gasteiger charge is -2.10. The number of hydrogen-bond donors (Lipinski definition) is 0. The zero-order chi connectivity index (χ0) is 41.9. The molecule has 9 rings (SSSR count). The lowest BCUT2D eigenvalue weighted by atomic mass is 10.0. The van der Waals surface area contributed by atoms with Crippen LogP contribution in [0, 0.1) is 0 Å². The Labute approximate surface area is 364 Å². The Balaban J connectivity index is 1.21. The van der Waals surface area contributed by atoms with Gasteiger partial charge < -0.3 is 13.7 Å². The predicted octanol–water partition coefficient (Wildman–Crippen LogP) is 16.9. The Morgan fingerprint density at radius 1 is 0.295 bits per heavy atom. The van der Waals surface area contributed by atoms with Crippen LogP contribution in [0.4, 0.5) is 0 Å². The van der Waals surface area contributed by atoms with Crippen LogP contribution in [0.5, 0.6) is 0 Å². The van der Waals surface area contributed by atoms with Crippen molar-refractivity contribution in [1.82, 2.24) is 13.7 Å². The highest BCUT2D eigenvalue weighted by Crippen LogP contribution is 2.39. The van der Waals surface area contributed by atoms with Gasteiger partial charge in [0.05, 0.1) is 22.1 Å². The smallest absolute Gasteiger partial charge is 0.0541 e. The van der Waals surface area contributed by atoms with Crippen molar-refractivity contribution >= 4 is 65.4 Å². The monoisotopic (exact) mass is 806 g/mol. The van der Waals surface area contributed by atoms with E-state index in [9.17, 15) is 0 Å². The van der Waals surface area contributed by atoms with Crippen molar-refractivity contribution in [2.75, 3.05) is 0 Å². The summed E-state index contributed by atoms with van der Waals surface area (Å²) in [7, 11) is 0. The standard InChI is InChI=1S/C58H67N3/c1-6-11-15-19-41-23-29-55-47(35-41)48-36-42(20-16-12-7-2)24-30-56(48)60(55)45-27-33-53-51(39-45)52-40-46(28-34-54(52)59(53)10-5)61-57-31-25-43(21-17-13-8-3)37-49(57)50-38-44(22-18-14-9-4)26-32-58(50)61/h23-40H,6-22H2,1-5H3. The molecule has 3 nitrogen and oxygen atoms in total. The summed E-state index contributed by atoms with van der Waals surface area (Å²) < 4.78 is 7.59. The quantitative estimate of drug-likeness (QED) is 0.0723. The normalized spacial score (nSPS) is 12.1. The fourth-order valence-electron chi connectivity index (χ4n) is 10.4. The van der Waals surface area contributed by atoms with Gasteiger partial charge in [-0.2, -0.15) is 0 Å². The summed E-state index contributed by atoms with van der Waals surface area (Å²) in [4.78, 5) is 0. The van der Waals surface area contributed by atoms with Gasteiger partial charge in [-0.05, 0) is 165 Å². The summed E-state index contributed by atoms with van der Waals surface area (Å²) in [6.07, 6.45) is 19.7. The van der Waals surface area contributed by atoms with Crippen LogP contribution >= 0.6 is 0 Å². The molecule has 0 spiro atoms. The van der Waals surface area contributed by atoms with Crippen LogP contribution < -0.4 is 0 Å². The third kappa shape index (κ3) is 7.90. The molecule has 0 radical (unpaired) electrons. The minimum Gasteiger partial charge on any atom is -0.341 e. The van der Waals surface area contributed by atoms with Crippen molar-refractivity contribution in [3.05, 3.63) is 131 Å². The van der Waals surface area contributed by atoms with Crippen LogP contribution in [0.15, 0.2) is 109 Å². The lowest BCUT2D eigenvalue weighted by molar-refractivity contribution is 0.717. The van der Waals surface area contributed by atoms with Crippen LogP contribution in [0.2, 0.25) is 0 Å². The molecule has 0 saturated carbocycles. The van der Waals surface area contributed by atoms with Gasteiger partial charge in [0.25, 0.3) is 0 Å². The zero-order valence-corrected chi connectivity index (χ0v) is 37.8. The highest BCUT2D eigenvalue weighted by Gasteiger charge is 2.19. The van der Waals surface area contributed by atoms with E-state index in [2.05, 4.69) is 158 Å². The van der Waals surface area contributed by atoms with Crippen LogP contribution in [0.1, 0.15) is 134 Å². The first kappa shape index (κ1) is 41.1. The number of benzene rings is 6. The van der Waals surface area contributed by atoms with Crippen LogP contribution in [-0.4, -0.2) is 13.7 Å². The van der Waals surface area contributed by atoms with Gasteiger partial charge >= 0.3 is 0 Å². The lowest BCUT2D eigenvalue weighted by Crippen LogP contribution is -1.96. The van der Waals surface area contributed by atoms with E-state index in [1.807, 2.05) is 0 Å². The van der Waals surface area contributed by atoms with Crippen molar-refractivity contribution in [3.8, 4) is 11.4 Å². The van der Waals surface area contributed by atoms with Gasteiger partial charge in [0.1, 0.15) is 0 Å². The molecule has 61 heavy (non-hydrogen) atoms. The molecule has 0 aliphatic rings. The maximum Gasteiger partial charge on any atom is 0.0541 e. The molecule has 0 unspecified atom stereocenters. The minimum absolute atomic E-state index is 0.923. The molecule has 0 fully saturated rings. The second-order valence-corrected chi connectivity index (χ2v) is 18.1. The fraction of sp³-hybridized carbons (Fsp3) is 0.379. The molecule has 0 atom stereocenters. The number of aryl methyl sites for hydroxylation is 5. The highest BCUT2D eigenvalue weighted by molar-refractivity contribution is 6.13. The molecule has 3 aromatic heterocycles. The summed E-state index contributed by atoms with van der Waals surface area (Å²) in [5, 5.41) is 8.16. The Kier molecular flexibility index (Phi) is 12.4. The molecule has 6 aromatic carbocycles. The predicted molar refractivity (Wildman–Crippen MR) is 267 cm³/mol. The van der Waals surface area contributed by atoms with Crippen molar-refractivity contribution in [2.24, 2.45) is 0 Å². The summed E-state index contributed by atoms with van der Waals surface area (Å²) in [6, 6.07) is 43.6. The zero-order valence-electron chi connectivity index (χ0n) is 37.8. The molecule has 0 saturated heterocycles. The van der Waals surface area contributed by atoms with E-state index in [1.54, 1.807) is 0 Å². The van der Waals surface area contributed by atoms with Gasteiger partial charge in [-0.1, -0.05) is 103 Å². The number of unbranched alkanes of at least 4 members (excludes halogenated alkanes) is 8. The largest absolute Gasteiger partial charge is 0.341 e. The SMILES string of the molecule is CCCCCc1ccc2c(c1)c1cc(CCCCC)ccc1n2-c1ccc2c(c1)c1cc(-n3c4ccc(CCCCC)cc4c4cc(CCCCC)ccc43)ccc1n2CC.